The number of carbonyl (C=O) groups is 2. The maximum Gasteiger partial charge on any atom is 0.239 e. The second-order valence-electron chi connectivity index (χ2n) is 6.09. The molecule has 1 N–H and O–H groups in total. The van der Waals surface area contributed by atoms with Gasteiger partial charge in [-0.05, 0) is 37.8 Å². The summed E-state index contributed by atoms with van der Waals surface area (Å²) in [4.78, 5) is 30.6. The van der Waals surface area contributed by atoms with Crippen molar-refractivity contribution >= 4 is 33.4 Å². The molecule has 2 rings (SSSR count). The molecule has 25 heavy (non-hydrogen) atoms. The van der Waals surface area contributed by atoms with Gasteiger partial charge in [-0.3, -0.25) is 9.59 Å². The Morgan fingerprint density at radius 2 is 2.00 bits per heavy atom. The zero-order chi connectivity index (χ0) is 18.1. The number of aryl methyl sites for hydroxylation is 1. The highest BCUT2D eigenvalue weighted by molar-refractivity contribution is 7.18. The highest BCUT2D eigenvalue weighted by Gasteiger charge is 2.16. The van der Waals surface area contributed by atoms with Gasteiger partial charge in [-0.2, -0.15) is 0 Å². The lowest BCUT2D eigenvalue weighted by Gasteiger charge is -2.21. The SMILES string of the molecule is CCCNC(=O)CN(CCC)C(=O)CCCc1nc2ccccc2s1. The molecule has 1 aromatic heterocycles. The Bertz CT molecular complexity index is 666. The summed E-state index contributed by atoms with van der Waals surface area (Å²) in [5.74, 6) is -0.0237. The molecule has 0 aliphatic carbocycles. The summed E-state index contributed by atoms with van der Waals surface area (Å²) in [7, 11) is 0. The number of amides is 2. The number of thiazole rings is 1. The molecular formula is C19H27N3O2S. The average Bonchev–Trinajstić information content (AvgIpc) is 3.02. The fourth-order valence-electron chi connectivity index (χ4n) is 2.63. The van der Waals surface area contributed by atoms with Crippen LogP contribution in [-0.2, 0) is 16.0 Å². The molecule has 6 heteroatoms. The molecule has 0 spiro atoms. The zero-order valence-electron chi connectivity index (χ0n) is 15.1. The predicted octanol–water partition coefficient (Wildman–Crippen LogP) is 3.38. The molecule has 0 aliphatic rings. The topological polar surface area (TPSA) is 62.3 Å². The monoisotopic (exact) mass is 361 g/mol. The summed E-state index contributed by atoms with van der Waals surface area (Å²) >= 11 is 1.69. The Morgan fingerprint density at radius 3 is 2.72 bits per heavy atom. The van der Waals surface area contributed by atoms with E-state index in [0.717, 1.165) is 36.2 Å². The largest absolute Gasteiger partial charge is 0.355 e. The maximum absolute atomic E-state index is 12.4. The number of hydrogen-bond donors (Lipinski definition) is 1. The van der Waals surface area contributed by atoms with Crippen molar-refractivity contribution in [2.24, 2.45) is 0 Å². The molecule has 0 unspecified atom stereocenters. The van der Waals surface area contributed by atoms with Gasteiger partial charge in [0.1, 0.15) is 0 Å². The van der Waals surface area contributed by atoms with Crippen LogP contribution < -0.4 is 5.32 Å². The highest BCUT2D eigenvalue weighted by atomic mass is 32.1. The Hall–Kier alpha value is -1.95. The first-order valence-corrected chi connectivity index (χ1v) is 9.84. The molecule has 1 heterocycles. The molecule has 2 amide bonds. The second kappa shape index (κ2) is 10.1. The molecule has 2 aromatic rings. The van der Waals surface area contributed by atoms with Crippen LogP contribution in [0.5, 0.6) is 0 Å². The van der Waals surface area contributed by atoms with Crippen LogP contribution in [0.15, 0.2) is 24.3 Å². The maximum atomic E-state index is 12.4. The molecule has 0 atom stereocenters. The number of benzene rings is 1. The summed E-state index contributed by atoms with van der Waals surface area (Å²) in [6.45, 7) is 5.47. The van der Waals surface area contributed by atoms with E-state index in [-0.39, 0.29) is 18.4 Å². The van der Waals surface area contributed by atoms with Crippen LogP contribution in [0.2, 0.25) is 0 Å². The van der Waals surface area contributed by atoms with Gasteiger partial charge in [-0.1, -0.05) is 26.0 Å². The molecular weight excluding hydrogens is 334 g/mol. The zero-order valence-corrected chi connectivity index (χ0v) is 15.9. The molecule has 5 nitrogen and oxygen atoms in total. The van der Waals surface area contributed by atoms with Crippen molar-refractivity contribution in [2.75, 3.05) is 19.6 Å². The van der Waals surface area contributed by atoms with Crippen LogP contribution in [0, 0.1) is 0 Å². The summed E-state index contributed by atoms with van der Waals surface area (Å²) < 4.78 is 1.18. The van der Waals surface area contributed by atoms with E-state index in [1.54, 1.807) is 16.2 Å². The lowest BCUT2D eigenvalue weighted by molar-refractivity contribution is -0.136. The van der Waals surface area contributed by atoms with E-state index in [1.807, 2.05) is 32.0 Å². The first-order chi connectivity index (χ1) is 12.1. The van der Waals surface area contributed by atoms with Crippen molar-refractivity contribution in [1.82, 2.24) is 15.2 Å². The smallest absolute Gasteiger partial charge is 0.239 e. The van der Waals surface area contributed by atoms with Gasteiger partial charge in [-0.25, -0.2) is 4.98 Å². The molecule has 0 radical (unpaired) electrons. The van der Waals surface area contributed by atoms with Crippen LogP contribution in [0.1, 0.15) is 44.5 Å². The summed E-state index contributed by atoms with van der Waals surface area (Å²) in [6.07, 6.45) is 3.76. The van der Waals surface area contributed by atoms with Crippen molar-refractivity contribution in [3.05, 3.63) is 29.3 Å². The van der Waals surface area contributed by atoms with Crippen molar-refractivity contribution < 1.29 is 9.59 Å². The highest BCUT2D eigenvalue weighted by Crippen LogP contribution is 2.22. The number of nitrogens with zero attached hydrogens (tertiary/aromatic N) is 2. The Labute approximate surface area is 153 Å². The average molecular weight is 362 g/mol. The van der Waals surface area contributed by atoms with Gasteiger partial charge >= 0.3 is 0 Å². The molecule has 0 fully saturated rings. The third-order valence-electron chi connectivity index (χ3n) is 3.87. The van der Waals surface area contributed by atoms with Gasteiger partial charge < -0.3 is 10.2 Å². The fourth-order valence-corrected chi connectivity index (χ4v) is 3.64. The van der Waals surface area contributed by atoms with E-state index in [1.165, 1.54) is 4.70 Å². The fraction of sp³-hybridized carbons (Fsp3) is 0.526. The molecule has 0 bridgehead atoms. The quantitative estimate of drug-likeness (QED) is 0.706. The molecule has 0 saturated carbocycles. The van der Waals surface area contributed by atoms with Crippen LogP contribution in [-0.4, -0.2) is 41.3 Å². The van der Waals surface area contributed by atoms with Gasteiger partial charge in [0.15, 0.2) is 0 Å². The van der Waals surface area contributed by atoms with Crippen molar-refractivity contribution in [1.29, 1.82) is 0 Å². The van der Waals surface area contributed by atoms with Crippen molar-refractivity contribution in [2.45, 2.75) is 46.0 Å². The first-order valence-electron chi connectivity index (χ1n) is 9.03. The van der Waals surface area contributed by atoms with Crippen LogP contribution in [0.3, 0.4) is 0 Å². The number of fused-ring (bicyclic) bond motifs is 1. The van der Waals surface area contributed by atoms with Gasteiger partial charge in [0.25, 0.3) is 0 Å². The number of carbonyl (C=O) groups excluding carboxylic acids is 2. The summed E-state index contributed by atoms with van der Waals surface area (Å²) in [5, 5.41) is 3.90. The number of para-hydroxylation sites is 1. The van der Waals surface area contributed by atoms with E-state index in [9.17, 15) is 9.59 Å². The minimum Gasteiger partial charge on any atom is -0.355 e. The first kappa shape index (κ1) is 19.4. The second-order valence-corrected chi connectivity index (χ2v) is 7.21. The standard InChI is InChI=1S/C19H27N3O2S/c1-3-12-20-17(23)14-22(13-4-2)19(24)11-7-10-18-21-15-8-5-6-9-16(15)25-18/h5-6,8-9H,3-4,7,10-14H2,1-2H3,(H,20,23). The normalized spacial score (nSPS) is 10.8. The molecule has 1 aromatic carbocycles. The third kappa shape index (κ3) is 6.12. The molecule has 136 valence electrons. The van der Waals surface area contributed by atoms with E-state index in [2.05, 4.69) is 16.4 Å². The predicted molar refractivity (Wildman–Crippen MR) is 103 cm³/mol. The number of hydrogen-bond acceptors (Lipinski definition) is 4. The molecule has 0 aliphatic heterocycles. The number of rotatable bonds is 10. The van der Waals surface area contributed by atoms with E-state index >= 15 is 0 Å². The van der Waals surface area contributed by atoms with Gasteiger partial charge in [0.05, 0.1) is 21.8 Å². The van der Waals surface area contributed by atoms with E-state index < -0.39 is 0 Å². The Morgan fingerprint density at radius 1 is 1.20 bits per heavy atom. The lowest BCUT2D eigenvalue weighted by Crippen LogP contribution is -2.41. The Balaban J connectivity index is 1.82. The van der Waals surface area contributed by atoms with Crippen molar-refractivity contribution in [3.8, 4) is 0 Å². The summed E-state index contributed by atoms with van der Waals surface area (Å²) in [6, 6.07) is 8.08. The van der Waals surface area contributed by atoms with Crippen LogP contribution >= 0.6 is 11.3 Å². The Kier molecular flexibility index (Phi) is 7.85. The van der Waals surface area contributed by atoms with Crippen LogP contribution in [0.4, 0.5) is 0 Å². The van der Waals surface area contributed by atoms with Crippen LogP contribution in [0.25, 0.3) is 10.2 Å². The molecule has 0 saturated heterocycles. The minimum atomic E-state index is -0.0742. The lowest BCUT2D eigenvalue weighted by atomic mass is 10.2. The minimum absolute atomic E-state index is 0.0506. The van der Waals surface area contributed by atoms with Gasteiger partial charge in [0.2, 0.25) is 11.8 Å². The van der Waals surface area contributed by atoms with Gasteiger partial charge in [-0.15, -0.1) is 11.3 Å². The van der Waals surface area contributed by atoms with E-state index in [4.69, 9.17) is 0 Å². The van der Waals surface area contributed by atoms with Gasteiger partial charge in [0, 0.05) is 19.5 Å². The number of nitrogens with one attached hydrogen (secondary N) is 1. The summed E-state index contributed by atoms with van der Waals surface area (Å²) in [5.41, 5.74) is 1.02. The third-order valence-corrected chi connectivity index (χ3v) is 4.97. The van der Waals surface area contributed by atoms with E-state index in [0.29, 0.717) is 19.5 Å². The van der Waals surface area contributed by atoms with Crippen molar-refractivity contribution in [3.63, 3.8) is 0 Å². The number of aromatic nitrogens is 1.